The second-order valence-electron chi connectivity index (χ2n) is 4.03. The van der Waals surface area contributed by atoms with E-state index >= 15 is 0 Å². The van der Waals surface area contributed by atoms with E-state index in [9.17, 15) is 0 Å². The summed E-state index contributed by atoms with van der Waals surface area (Å²) >= 11 is 0. The lowest BCUT2D eigenvalue weighted by Gasteiger charge is -2.13. The van der Waals surface area contributed by atoms with Crippen LogP contribution in [0.2, 0.25) is 0 Å². The highest BCUT2D eigenvalue weighted by molar-refractivity contribution is 5.32. The minimum absolute atomic E-state index is 0.269. The van der Waals surface area contributed by atoms with E-state index in [1.807, 2.05) is 36.5 Å². The molecule has 0 amide bonds. The van der Waals surface area contributed by atoms with Crippen molar-refractivity contribution in [2.75, 3.05) is 0 Å². The van der Waals surface area contributed by atoms with Gasteiger partial charge in [0.25, 0.3) is 0 Å². The van der Waals surface area contributed by atoms with Crippen LogP contribution in [0.5, 0.6) is 0 Å². The molecular weight excluding hydrogens is 210 g/mol. The molecule has 0 aliphatic rings. The molecule has 2 aromatic rings. The van der Waals surface area contributed by atoms with Gasteiger partial charge >= 0.3 is 0 Å². The van der Waals surface area contributed by atoms with Gasteiger partial charge in [0.1, 0.15) is 0 Å². The molecule has 1 aromatic carbocycles. The maximum absolute atomic E-state index is 8.73. The Kier molecular flexibility index (Phi) is 3.59. The number of nitriles is 1. The Labute approximate surface area is 101 Å². The van der Waals surface area contributed by atoms with Crippen LogP contribution in [-0.4, -0.2) is 4.98 Å². The zero-order chi connectivity index (χ0) is 12.1. The third-order valence-corrected chi connectivity index (χ3v) is 2.80. The number of aromatic nitrogens is 1. The summed E-state index contributed by atoms with van der Waals surface area (Å²) in [5.74, 6) is 0. The van der Waals surface area contributed by atoms with Crippen molar-refractivity contribution in [2.45, 2.75) is 19.5 Å². The van der Waals surface area contributed by atoms with E-state index in [0.717, 1.165) is 6.54 Å². The van der Waals surface area contributed by atoms with Gasteiger partial charge in [0, 0.05) is 24.5 Å². The van der Waals surface area contributed by atoms with Crippen molar-refractivity contribution >= 4 is 0 Å². The summed E-state index contributed by atoms with van der Waals surface area (Å²) in [7, 11) is 0. The molecule has 17 heavy (non-hydrogen) atoms. The van der Waals surface area contributed by atoms with Crippen molar-refractivity contribution in [1.82, 2.24) is 10.3 Å². The molecule has 0 bridgehead atoms. The molecule has 1 heterocycles. The Bertz CT molecular complexity index is 491. The van der Waals surface area contributed by atoms with Crippen LogP contribution < -0.4 is 5.32 Å². The molecule has 1 aromatic heterocycles. The summed E-state index contributed by atoms with van der Waals surface area (Å²) in [4.78, 5) is 3.16. The highest BCUT2D eigenvalue weighted by Crippen LogP contribution is 2.13. The van der Waals surface area contributed by atoms with Crippen LogP contribution in [0.4, 0.5) is 0 Å². The second-order valence-corrected chi connectivity index (χ2v) is 4.03. The SMILES string of the molecule is CC(NCc1ccc[nH]1)c1ccc(C#N)cc1. The number of hydrogen-bond donors (Lipinski definition) is 2. The molecule has 1 atom stereocenters. The summed E-state index contributed by atoms with van der Waals surface area (Å²) in [6.07, 6.45) is 1.92. The van der Waals surface area contributed by atoms with Crippen molar-refractivity contribution in [3.8, 4) is 6.07 Å². The van der Waals surface area contributed by atoms with Gasteiger partial charge in [-0.05, 0) is 36.8 Å². The van der Waals surface area contributed by atoms with Crippen molar-refractivity contribution < 1.29 is 0 Å². The minimum atomic E-state index is 0.269. The normalized spacial score (nSPS) is 12.0. The maximum Gasteiger partial charge on any atom is 0.0991 e. The molecule has 0 saturated carbocycles. The Morgan fingerprint density at radius 3 is 2.65 bits per heavy atom. The fourth-order valence-corrected chi connectivity index (χ4v) is 1.70. The first-order chi connectivity index (χ1) is 8.29. The summed E-state index contributed by atoms with van der Waals surface area (Å²) in [6.45, 7) is 2.93. The molecule has 0 spiro atoms. The Morgan fingerprint density at radius 1 is 1.29 bits per heavy atom. The van der Waals surface area contributed by atoms with Gasteiger partial charge in [-0.25, -0.2) is 0 Å². The van der Waals surface area contributed by atoms with E-state index < -0.39 is 0 Å². The highest BCUT2D eigenvalue weighted by atomic mass is 14.9. The molecule has 0 saturated heterocycles. The van der Waals surface area contributed by atoms with Gasteiger partial charge in [-0.2, -0.15) is 5.26 Å². The predicted molar refractivity (Wildman–Crippen MR) is 67.2 cm³/mol. The Morgan fingerprint density at radius 2 is 2.06 bits per heavy atom. The number of H-pyrrole nitrogens is 1. The van der Waals surface area contributed by atoms with Crippen molar-refractivity contribution in [1.29, 1.82) is 5.26 Å². The summed E-state index contributed by atoms with van der Waals surface area (Å²) < 4.78 is 0. The van der Waals surface area contributed by atoms with E-state index in [1.165, 1.54) is 11.3 Å². The molecule has 86 valence electrons. The van der Waals surface area contributed by atoms with Crippen molar-refractivity contribution in [3.63, 3.8) is 0 Å². The number of benzene rings is 1. The number of nitrogens with one attached hydrogen (secondary N) is 2. The minimum Gasteiger partial charge on any atom is -0.364 e. The average molecular weight is 225 g/mol. The van der Waals surface area contributed by atoms with Crippen LogP contribution in [0.25, 0.3) is 0 Å². The van der Waals surface area contributed by atoms with Gasteiger partial charge in [0.05, 0.1) is 11.6 Å². The van der Waals surface area contributed by atoms with E-state index in [2.05, 4.69) is 29.4 Å². The summed E-state index contributed by atoms with van der Waals surface area (Å²) in [6, 6.07) is 14.1. The topological polar surface area (TPSA) is 51.6 Å². The first kappa shape index (κ1) is 11.4. The van der Waals surface area contributed by atoms with Crippen LogP contribution in [0, 0.1) is 11.3 Å². The molecule has 0 aliphatic carbocycles. The molecule has 0 fully saturated rings. The molecule has 3 heteroatoms. The number of rotatable bonds is 4. The summed E-state index contributed by atoms with van der Waals surface area (Å²) in [5, 5.41) is 12.2. The van der Waals surface area contributed by atoms with Gasteiger partial charge < -0.3 is 10.3 Å². The van der Waals surface area contributed by atoms with E-state index in [0.29, 0.717) is 5.56 Å². The first-order valence-electron chi connectivity index (χ1n) is 5.65. The van der Waals surface area contributed by atoms with Crippen LogP contribution in [0.1, 0.15) is 29.8 Å². The molecule has 2 N–H and O–H groups in total. The smallest absolute Gasteiger partial charge is 0.0991 e. The Hall–Kier alpha value is -2.05. The first-order valence-corrected chi connectivity index (χ1v) is 5.65. The lowest BCUT2D eigenvalue weighted by Crippen LogP contribution is -2.18. The monoisotopic (exact) mass is 225 g/mol. The van der Waals surface area contributed by atoms with Crippen LogP contribution in [0.3, 0.4) is 0 Å². The quantitative estimate of drug-likeness (QED) is 0.840. The lowest BCUT2D eigenvalue weighted by atomic mass is 10.1. The van der Waals surface area contributed by atoms with E-state index in [1.54, 1.807) is 0 Å². The fraction of sp³-hybridized carbons (Fsp3) is 0.214. The zero-order valence-electron chi connectivity index (χ0n) is 9.77. The predicted octanol–water partition coefficient (Wildman–Crippen LogP) is 2.74. The molecule has 0 aliphatic heterocycles. The van der Waals surface area contributed by atoms with Gasteiger partial charge in [-0.15, -0.1) is 0 Å². The van der Waals surface area contributed by atoms with Gasteiger partial charge in [0.2, 0.25) is 0 Å². The molecular formula is C14H15N3. The van der Waals surface area contributed by atoms with Crippen LogP contribution in [0.15, 0.2) is 42.6 Å². The van der Waals surface area contributed by atoms with E-state index in [4.69, 9.17) is 5.26 Å². The zero-order valence-corrected chi connectivity index (χ0v) is 9.77. The van der Waals surface area contributed by atoms with Gasteiger partial charge in [-0.3, -0.25) is 0 Å². The molecule has 1 unspecified atom stereocenters. The number of nitrogens with zero attached hydrogens (tertiary/aromatic N) is 1. The summed E-state index contributed by atoms with van der Waals surface area (Å²) in [5.41, 5.74) is 3.06. The second kappa shape index (κ2) is 5.33. The van der Waals surface area contributed by atoms with Gasteiger partial charge in [-0.1, -0.05) is 12.1 Å². The highest BCUT2D eigenvalue weighted by Gasteiger charge is 2.04. The standard InChI is InChI=1S/C14H15N3/c1-11(17-10-14-3-2-8-16-14)13-6-4-12(9-15)5-7-13/h2-8,11,16-17H,10H2,1H3. The third-order valence-electron chi connectivity index (χ3n) is 2.80. The Balaban J connectivity index is 1.95. The fourth-order valence-electron chi connectivity index (χ4n) is 1.70. The van der Waals surface area contributed by atoms with Crippen LogP contribution in [-0.2, 0) is 6.54 Å². The molecule has 2 rings (SSSR count). The molecule has 3 nitrogen and oxygen atoms in total. The third kappa shape index (κ3) is 2.96. The average Bonchev–Trinajstić information content (AvgIpc) is 2.89. The van der Waals surface area contributed by atoms with Gasteiger partial charge in [0.15, 0.2) is 0 Å². The van der Waals surface area contributed by atoms with Crippen molar-refractivity contribution in [2.24, 2.45) is 0 Å². The number of hydrogen-bond acceptors (Lipinski definition) is 2. The maximum atomic E-state index is 8.73. The number of aromatic amines is 1. The lowest BCUT2D eigenvalue weighted by molar-refractivity contribution is 0.569. The van der Waals surface area contributed by atoms with Crippen LogP contribution >= 0.6 is 0 Å². The molecule has 0 radical (unpaired) electrons. The van der Waals surface area contributed by atoms with E-state index in [-0.39, 0.29) is 6.04 Å². The largest absolute Gasteiger partial charge is 0.364 e. The van der Waals surface area contributed by atoms with Crippen molar-refractivity contribution in [3.05, 3.63) is 59.4 Å².